The highest BCUT2D eigenvalue weighted by atomic mass is 16.5. The lowest BCUT2D eigenvalue weighted by Crippen LogP contribution is -2.50. The molecule has 4 rings (SSSR count). The number of fused-ring (bicyclic) bond motifs is 5. The van der Waals surface area contributed by atoms with Crippen molar-refractivity contribution in [3.63, 3.8) is 0 Å². The Hall–Kier alpha value is -1.50. The van der Waals surface area contributed by atoms with Crippen molar-refractivity contribution in [3.05, 3.63) is 29.3 Å². The summed E-state index contributed by atoms with van der Waals surface area (Å²) in [5.41, 5.74) is 2.11. The highest BCUT2D eigenvalue weighted by Gasteiger charge is 2.61. The van der Waals surface area contributed by atoms with Crippen molar-refractivity contribution in [2.75, 3.05) is 27.7 Å². The first-order valence-electron chi connectivity index (χ1n) is 10.4. The Labute approximate surface area is 164 Å². The summed E-state index contributed by atoms with van der Waals surface area (Å²) < 4.78 is 5.43. The summed E-state index contributed by atoms with van der Waals surface area (Å²) in [6, 6.07) is 6.65. The normalized spacial score (nSPS) is 37.0. The van der Waals surface area contributed by atoms with Gasteiger partial charge in [-0.1, -0.05) is 24.8 Å². The molecule has 0 bridgehead atoms. The quantitative estimate of drug-likeness (QED) is 0.806. The molecule has 2 fully saturated rings. The fraction of sp³-hybridized carbons (Fsp3) is 0.667. The lowest BCUT2D eigenvalue weighted by molar-refractivity contribution is -0.0648. The lowest BCUT2D eigenvalue weighted by atomic mass is 9.53. The molecule has 0 aliphatic heterocycles. The molecule has 0 amide bonds. The largest absolute Gasteiger partial charge is 0.497 e. The standard InChI is InChI=1S/C24H33NO2/c1-23-13-10-20-19-9-7-18(27-4)16-17(19)6-8-21(20)22(23)11-14-24(23,26)12-5-15-25(2)3/h7,9,16,20-22,26H,6,8,10-11,13-15H2,1-4H3/t20-,21-,22+,23+,24+/m1/s1. The van der Waals surface area contributed by atoms with Gasteiger partial charge in [-0.15, -0.1) is 0 Å². The van der Waals surface area contributed by atoms with E-state index in [1.807, 2.05) is 14.1 Å². The van der Waals surface area contributed by atoms with Crippen LogP contribution < -0.4 is 4.74 Å². The zero-order valence-electron chi connectivity index (χ0n) is 17.2. The molecule has 0 spiro atoms. The number of nitrogens with zero attached hydrogens (tertiary/aromatic N) is 1. The predicted octanol–water partition coefficient (Wildman–Crippen LogP) is 3.85. The summed E-state index contributed by atoms with van der Waals surface area (Å²) in [6.45, 7) is 3.03. The van der Waals surface area contributed by atoms with Gasteiger partial charge >= 0.3 is 0 Å². The van der Waals surface area contributed by atoms with E-state index in [0.717, 1.165) is 37.9 Å². The van der Waals surface area contributed by atoms with Crippen LogP contribution in [0.15, 0.2) is 18.2 Å². The minimum Gasteiger partial charge on any atom is -0.497 e. The highest BCUT2D eigenvalue weighted by Crippen LogP contribution is 2.64. The van der Waals surface area contributed by atoms with E-state index in [1.54, 1.807) is 7.11 Å². The number of hydrogen-bond acceptors (Lipinski definition) is 3. The third kappa shape index (κ3) is 2.98. The van der Waals surface area contributed by atoms with Gasteiger partial charge in [0.05, 0.1) is 13.7 Å². The van der Waals surface area contributed by atoms with Crippen LogP contribution in [0.1, 0.15) is 56.1 Å². The smallest absolute Gasteiger partial charge is 0.131 e. The van der Waals surface area contributed by atoms with Crippen molar-refractivity contribution < 1.29 is 9.84 Å². The first-order valence-corrected chi connectivity index (χ1v) is 10.4. The van der Waals surface area contributed by atoms with Crippen LogP contribution in [0, 0.1) is 29.1 Å². The van der Waals surface area contributed by atoms with E-state index in [2.05, 4.69) is 41.9 Å². The molecular weight excluding hydrogens is 334 g/mol. The van der Waals surface area contributed by atoms with Crippen molar-refractivity contribution in [3.8, 4) is 17.6 Å². The molecule has 3 aliphatic carbocycles. The van der Waals surface area contributed by atoms with Gasteiger partial charge in [0.2, 0.25) is 0 Å². The zero-order valence-corrected chi connectivity index (χ0v) is 17.2. The molecule has 1 aromatic rings. The second-order valence-electron chi connectivity index (χ2n) is 9.37. The van der Waals surface area contributed by atoms with Crippen molar-refractivity contribution in [2.24, 2.45) is 17.3 Å². The van der Waals surface area contributed by atoms with E-state index in [-0.39, 0.29) is 5.41 Å². The van der Waals surface area contributed by atoms with Gasteiger partial charge in [0.1, 0.15) is 11.4 Å². The highest BCUT2D eigenvalue weighted by molar-refractivity contribution is 5.41. The van der Waals surface area contributed by atoms with Crippen LogP contribution in [0.4, 0.5) is 0 Å². The molecule has 146 valence electrons. The minimum atomic E-state index is -0.821. The van der Waals surface area contributed by atoms with Crippen molar-refractivity contribution in [2.45, 2.75) is 57.0 Å². The van der Waals surface area contributed by atoms with E-state index in [9.17, 15) is 5.11 Å². The third-order valence-electron chi connectivity index (χ3n) is 7.78. The van der Waals surface area contributed by atoms with Crippen molar-refractivity contribution >= 4 is 0 Å². The fourth-order valence-corrected chi connectivity index (χ4v) is 6.25. The zero-order chi connectivity index (χ0) is 19.2. The molecule has 5 atom stereocenters. The van der Waals surface area contributed by atoms with E-state index in [4.69, 9.17) is 4.74 Å². The van der Waals surface area contributed by atoms with E-state index >= 15 is 0 Å². The Morgan fingerprint density at radius 1 is 1.22 bits per heavy atom. The third-order valence-corrected chi connectivity index (χ3v) is 7.78. The molecule has 1 aromatic carbocycles. The van der Waals surface area contributed by atoms with Gasteiger partial charge in [0, 0.05) is 5.41 Å². The maximum Gasteiger partial charge on any atom is 0.131 e. The second-order valence-corrected chi connectivity index (χ2v) is 9.37. The van der Waals surface area contributed by atoms with Gasteiger partial charge in [0.25, 0.3) is 0 Å². The Morgan fingerprint density at radius 3 is 2.78 bits per heavy atom. The second kappa shape index (κ2) is 6.83. The van der Waals surface area contributed by atoms with Crippen LogP contribution in [-0.2, 0) is 6.42 Å². The molecule has 3 aliphatic rings. The van der Waals surface area contributed by atoms with E-state index in [1.165, 1.54) is 17.5 Å². The SMILES string of the molecule is COc1ccc2c(c1)CC[C@@H]1[C@@H]2CC[C@@]2(C)[C@H]1CC[C@@]2(O)C#CCN(C)C. The topological polar surface area (TPSA) is 32.7 Å². The van der Waals surface area contributed by atoms with Crippen molar-refractivity contribution in [1.29, 1.82) is 0 Å². The van der Waals surface area contributed by atoms with Crippen LogP contribution >= 0.6 is 0 Å². The van der Waals surface area contributed by atoms with Crippen LogP contribution in [0.5, 0.6) is 5.75 Å². The molecule has 27 heavy (non-hydrogen) atoms. The van der Waals surface area contributed by atoms with E-state index < -0.39 is 5.60 Å². The number of rotatable bonds is 2. The van der Waals surface area contributed by atoms with Crippen LogP contribution in [0.2, 0.25) is 0 Å². The number of benzene rings is 1. The monoisotopic (exact) mass is 367 g/mol. The van der Waals surface area contributed by atoms with Gasteiger partial charge in [-0.3, -0.25) is 4.90 Å². The van der Waals surface area contributed by atoms with Gasteiger partial charge in [-0.25, -0.2) is 0 Å². The van der Waals surface area contributed by atoms with E-state index in [0.29, 0.717) is 24.3 Å². The molecule has 0 heterocycles. The lowest BCUT2D eigenvalue weighted by Gasteiger charge is -2.52. The maximum absolute atomic E-state index is 11.5. The molecule has 3 heteroatoms. The van der Waals surface area contributed by atoms with Gasteiger partial charge < -0.3 is 9.84 Å². The van der Waals surface area contributed by atoms with Crippen LogP contribution in [-0.4, -0.2) is 43.4 Å². The molecule has 0 aromatic heterocycles. The Kier molecular flexibility index (Phi) is 4.77. The fourth-order valence-electron chi connectivity index (χ4n) is 6.25. The molecule has 2 saturated carbocycles. The molecule has 3 nitrogen and oxygen atoms in total. The summed E-state index contributed by atoms with van der Waals surface area (Å²) >= 11 is 0. The predicted molar refractivity (Wildman–Crippen MR) is 109 cm³/mol. The van der Waals surface area contributed by atoms with Crippen molar-refractivity contribution in [1.82, 2.24) is 4.90 Å². The minimum absolute atomic E-state index is 0.0720. The number of methoxy groups -OCH3 is 1. The molecule has 0 radical (unpaired) electrons. The Bertz CT molecular complexity index is 776. The van der Waals surface area contributed by atoms with Crippen LogP contribution in [0.3, 0.4) is 0 Å². The molecule has 1 N–H and O–H groups in total. The number of hydrogen-bond donors (Lipinski definition) is 1. The summed E-state index contributed by atoms with van der Waals surface area (Å²) in [4.78, 5) is 2.06. The Morgan fingerprint density at radius 2 is 2.04 bits per heavy atom. The van der Waals surface area contributed by atoms with Gasteiger partial charge in [-0.05, 0) is 93.6 Å². The number of aliphatic hydroxyl groups is 1. The average molecular weight is 368 g/mol. The van der Waals surface area contributed by atoms with Gasteiger partial charge in [-0.2, -0.15) is 0 Å². The summed E-state index contributed by atoms with van der Waals surface area (Å²) in [6.07, 6.45) is 6.52. The maximum atomic E-state index is 11.5. The first kappa shape index (κ1) is 18.8. The van der Waals surface area contributed by atoms with Crippen LogP contribution in [0.25, 0.3) is 0 Å². The average Bonchev–Trinajstić information content (AvgIpc) is 2.92. The molecular formula is C24H33NO2. The summed E-state index contributed by atoms with van der Waals surface area (Å²) in [5, 5.41) is 11.5. The first-order chi connectivity index (χ1) is 12.9. The molecule has 0 saturated heterocycles. The number of ether oxygens (including phenoxy) is 1. The summed E-state index contributed by atoms with van der Waals surface area (Å²) in [5.74, 6) is 9.40. The Balaban J connectivity index is 1.61. The molecule has 0 unspecified atom stereocenters. The van der Waals surface area contributed by atoms with Gasteiger partial charge in [0.15, 0.2) is 0 Å². The summed E-state index contributed by atoms with van der Waals surface area (Å²) in [7, 11) is 5.80. The number of aryl methyl sites for hydroxylation is 1.